The third-order valence-electron chi connectivity index (χ3n) is 5.61. The third kappa shape index (κ3) is 5.77. The van der Waals surface area contributed by atoms with E-state index in [2.05, 4.69) is 9.71 Å². The quantitative estimate of drug-likeness (QED) is 0.142. The summed E-state index contributed by atoms with van der Waals surface area (Å²) in [7, 11) is -2.51. The van der Waals surface area contributed by atoms with E-state index in [-0.39, 0.29) is 22.9 Å². The lowest BCUT2D eigenvalue weighted by atomic mass is 10.0. The van der Waals surface area contributed by atoms with Crippen molar-refractivity contribution in [2.75, 3.05) is 13.7 Å². The van der Waals surface area contributed by atoms with Crippen LogP contribution in [-0.2, 0) is 26.0 Å². The molecular weight excluding hydrogens is 498 g/mol. The van der Waals surface area contributed by atoms with Crippen molar-refractivity contribution in [2.45, 2.75) is 16.7 Å². The Morgan fingerprint density at radius 1 is 1.14 bits per heavy atom. The van der Waals surface area contributed by atoms with Crippen LogP contribution in [0.15, 0.2) is 89.0 Å². The molecule has 9 nitrogen and oxygen atoms in total. The number of ether oxygens (including phenoxy) is 1. The van der Waals surface area contributed by atoms with Crippen LogP contribution in [-0.4, -0.2) is 44.1 Å². The fourth-order valence-electron chi connectivity index (χ4n) is 3.75. The van der Waals surface area contributed by atoms with Crippen LogP contribution in [0.5, 0.6) is 0 Å². The molecule has 11 heteroatoms. The number of hydrazine groups is 1. The van der Waals surface area contributed by atoms with Crippen molar-refractivity contribution < 1.29 is 17.9 Å². The molecule has 0 aliphatic heterocycles. The van der Waals surface area contributed by atoms with Gasteiger partial charge in [-0.15, -0.1) is 11.3 Å². The lowest BCUT2D eigenvalue weighted by Gasteiger charge is -2.24. The SMILES string of the molecule is COC(=O)[C@H](Cc1c[nH]c2ccccc12)N(N)/C=C(\N)CNS(=O)(=O)c1ccc(-c2ccccc2)s1. The van der Waals surface area contributed by atoms with E-state index < -0.39 is 22.0 Å². The van der Waals surface area contributed by atoms with Gasteiger partial charge in [0.15, 0.2) is 0 Å². The Bertz CT molecular complexity index is 1480. The smallest absolute Gasteiger partial charge is 0.330 e. The highest BCUT2D eigenvalue weighted by molar-refractivity contribution is 7.91. The zero-order valence-electron chi connectivity index (χ0n) is 19.5. The number of nitrogens with one attached hydrogen (secondary N) is 2. The number of carbonyl (C=O) groups is 1. The van der Waals surface area contributed by atoms with Gasteiger partial charge in [-0.25, -0.2) is 23.8 Å². The van der Waals surface area contributed by atoms with Crippen molar-refractivity contribution in [3.63, 3.8) is 0 Å². The number of rotatable bonds is 10. The van der Waals surface area contributed by atoms with Gasteiger partial charge in [-0.1, -0.05) is 48.5 Å². The van der Waals surface area contributed by atoms with Crippen LogP contribution < -0.4 is 16.3 Å². The molecule has 4 aromatic rings. The number of sulfonamides is 1. The maximum atomic E-state index is 12.8. The molecule has 2 heterocycles. The fraction of sp³-hybridized carbons (Fsp3) is 0.160. The molecule has 0 radical (unpaired) electrons. The first-order valence-electron chi connectivity index (χ1n) is 11.1. The van der Waals surface area contributed by atoms with Crippen molar-refractivity contribution in [2.24, 2.45) is 11.6 Å². The molecule has 0 amide bonds. The van der Waals surface area contributed by atoms with Crippen molar-refractivity contribution in [1.82, 2.24) is 14.7 Å². The van der Waals surface area contributed by atoms with Gasteiger partial charge in [-0.3, -0.25) is 0 Å². The van der Waals surface area contributed by atoms with Crippen molar-refractivity contribution in [1.29, 1.82) is 0 Å². The Balaban J connectivity index is 1.44. The maximum Gasteiger partial charge on any atom is 0.330 e. The van der Waals surface area contributed by atoms with Gasteiger partial charge < -0.3 is 20.5 Å². The zero-order valence-corrected chi connectivity index (χ0v) is 21.2. The summed E-state index contributed by atoms with van der Waals surface area (Å²) < 4.78 is 33.2. The monoisotopic (exact) mass is 525 g/mol. The van der Waals surface area contributed by atoms with E-state index in [1.54, 1.807) is 12.1 Å². The van der Waals surface area contributed by atoms with E-state index in [1.807, 2.05) is 60.8 Å². The summed E-state index contributed by atoms with van der Waals surface area (Å²) in [6.45, 7) is -0.185. The van der Waals surface area contributed by atoms with Gasteiger partial charge in [0.2, 0.25) is 10.0 Å². The van der Waals surface area contributed by atoms with Gasteiger partial charge in [-0.2, -0.15) is 0 Å². The Hall–Kier alpha value is -3.64. The van der Waals surface area contributed by atoms with Crippen LogP contribution in [0, 0.1) is 0 Å². The number of methoxy groups -OCH3 is 1. The minimum absolute atomic E-state index is 0.133. The number of carbonyl (C=O) groups excluding carboxylic acids is 1. The molecule has 4 rings (SSSR count). The molecule has 0 fully saturated rings. The van der Waals surface area contributed by atoms with Crippen LogP contribution in [0.25, 0.3) is 21.3 Å². The summed E-state index contributed by atoms with van der Waals surface area (Å²) in [6, 6.07) is 19.7. The van der Waals surface area contributed by atoms with Crippen LogP contribution in [0.2, 0.25) is 0 Å². The summed E-state index contributed by atoms with van der Waals surface area (Å²) in [5.74, 6) is 5.62. The number of benzene rings is 2. The summed E-state index contributed by atoms with van der Waals surface area (Å²) in [4.78, 5) is 16.5. The number of para-hydroxylation sites is 1. The normalized spacial score (nSPS) is 13.0. The molecule has 0 spiro atoms. The molecule has 0 unspecified atom stereocenters. The second-order valence-corrected chi connectivity index (χ2v) is 11.1. The Kier molecular flexibility index (Phi) is 7.75. The van der Waals surface area contributed by atoms with Gasteiger partial charge in [-0.05, 0) is 29.3 Å². The fourth-order valence-corrected chi connectivity index (χ4v) is 6.13. The first-order chi connectivity index (χ1) is 17.3. The molecule has 1 atom stereocenters. The highest BCUT2D eigenvalue weighted by Gasteiger charge is 2.25. The number of aromatic nitrogens is 1. The van der Waals surface area contributed by atoms with Crippen LogP contribution in [0.1, 0.15) is 5.56 Å². The number of fused-ring (bicyclic) bond motifs is 1. The summed E-state index contributed by atoms with van der Waals surface area (Å²) in [6.07, 6.45) is 3.42. The Morgan fingerprint density at radius 3 is 2.61 bits per heavy atom. The van der Waals surface area contributed by atoms with Gasteiger partial charge in [0.05, 0.1) is 13.7 Å². The van der Waals surface area contributed by atoms with Crippen molar-refractivity contribution >= 4 is 38.2 Å². The molecule has 2 aromatic heterocycles. The van der Waals surface area contributed by atoms with Crippen molar-refractivity contribution in [3.05, 3.63) is 90.4 Å². The van der Waals surface area contributed by atoms with Crippen LogP contribution >= 0.6 is 11.3 Å². The number of H-pyrrole nitrogens is 1. The molecular formula is C25H27N5O4S2. The highest BCUT2D eigenvalue weighted by atomic mass is 32.2. The molecule has 36 heavy (non-hydrogen) atoms. The molecule has 0 aliphatic rings. The Morgan fingerprint density at radius 2 is 1.86 bits per heavy atom. The molecule has 0 saturated carbocycles. The number of aromatic amines is 1. The predicted molar refractivity (Wildman–Crippen MR) is 141 cm³/mol. The molecule has 0 bridgehead atoms. The number of esters is 1. The van der Waals surface area contributed by atoms with E-state index >= 15 is 0 Å². The first kappa shape index (κ1) is 25.5. The Labute approximate surface area is 213 Å². The molecule has 2 aromatic carbocycles. The first-order valence-corrected chi connectivity index (χ1v) is 13.4. The lowest BCUT2D eigenvalue weighted by molar-refractivity contribution is -0.146. The van der Waals surface area contributed by atoms with E-state index in [0.717, 1.165) is 43.3 Å². The molecule has 6 N–H and O–H groups in total. The summed E-state index contributed by atoms with van der Waals surface area (Å²) >= 11 is 1.16. The number of thiophene rings is 1. The second kappa shape index (κ2) is 11.0. The summed E-state index contributed by atoms with van der Waals surface area (Å²) in [5, 5.41) is 2.12. The second-order valence-electron chi connectivity index (χ2n) is 8.06. The van der Waals surface area contributed by atoms with Crippen molar-refractivity contribution in [3.8, 4) is 10.4 Å². The van der Waals surface area contributed by atoms with E-state index in [9.17, 15) is 13.2 Å². The molecule has 0 aliphatic carbocycles. The van der Waals surface area contributed by atoms with Gasteiger partial charge in [0.1, 0.15) is 10.3 Å². The minimum Gasteiger partial charge on any atom is -0.467 e. The zero-order chi connectivity index (χ0) is 25.7. The van der Waals surface area contributed by atoms with Crippen LogP contribution in [0.4, 0.5) is 0 Å². The third-order valence-corrected chi connectivity index (χ3v) is 8.63. The van der Waals surface area contributed by atoms with Crippen LogP contribution in [0.3, 0.4) is 0 Å². The van der Waals surface area contributed by atoms with E-state index in [1.165, 1.54) is 13.3 Å². The number of nitrogens with zero attached hydrogens (tertiary/aromatic N) is 1. The number of hydrogen-bond acceptors (Lipinski definition) is 8. The molecule has 0 saturated heterocycles. The molecule has 188 valence electrons. The largest absolute Gasteiger partial charge is 0.467 e. The predicted octanol–water partition coefficient (Wildman–Crippen LogP) is 2.93. The van der Waals surface area contributed by atoms with Gasteiger partial charge in [0.25, 0.3) is 0 Å². The maximum absolute atomic E-state index is 12.8. The number of nitrogens with two attached hydrogens (primary N) is 2. The van der Waals surface area contributed by atoms with E-state index in [0.29, 0.717) is 0 Å². The summed E-state index contributed by atoms with van der Waals surface area (Å²) in [5.41, 5.74) is 8.95. The topological polar surface area (TPSA) is 144 Å². The average molecular weight is 526 g/mol. The van der Waals surface area contributed by atoms with Gasteiger partial charge >= 0.3 is 5.97 Å². The lowest BCUT2D eigenvalue weighted by Crippen LogP contribution is -2.45. The van der Waals surface area contributed by atoms with E-state index in [4.69, 9.17) is 16.3 Å². The minimum atomic E-state index is -3.79. The highest BCUT2D eigenvalue weighted by Crippen LogP contribution is 2.30. The van der Waals surface area contributed by atoms with Gasteiger partial charge in [0, 0.05) is 40.3 Å². The average Bonchev–Trinajstić information content (AvgIpc) is 3.54. The number of hydrogen-bond donors (Lipinski definition) is 4. The standard InChI is InChI=1S/C25H27N5O4S2/c1-34-25(31)22(13-18-14-28-21-10-6-5-9-20(18)21)30(27)16-19(26)15-29-36(32,33)24-12-11-23(35-24)17-7-3-2-4-8-17/h2-12,14,16,22,28-29H,13,15,26-27H2,1H3/b19-16-/t22-/m0/s1.